The number of hydrogen-bond donors (Lipinski definition) is 0. The number of fused-ring (bicyclic) bond motifs is 1. The lowest BCUT2D eigenvalue weighted by atomic mass is 10.0. The Bertz CT molecular complexity index is 540. The van der Waals surface area contributed by atoms with E-state index in [0.29, 0.717) is 19.0 Å². The molecule has 0 aliphatic carbocycles. The highest BCUT2D eigenvalue weighted by Gasteiger charge is 2.45. The third kappa shape index (κ3) is 1.86. The predicted molar refractivity (Wildman–Crippen MR) is 64.4 cm³/mol. The zero-order chi connectivity index (χ0) is 12.9. The topological polar surface area (TPSA) is 64.4 Å². The summed E-state index contributed by atoms with van der Waals surface area (Å²) >= 11 is 0. The highest BCUT2D eigenvalue weighted by molar-refractivity contribution is 7.89. The lowest BCUT2D eigenvalue weighted by molar-refractivity contribution is 0.0541. The second-order valence-electron chi connectivity index (χ2n) is 5.18. The molecule has 2 saturated heterocycles. The van der Waals surface area contributed by atoms with Crippen molar-refractivity contribution >= 4 is 10.0 Å². The van der Waals surface area contributed by atoms with Gasteiger partial charge >= 0.3 is 0 Å². The number of imidazole rings is 1. The van der Waals surface area contributed by atoms with E-state index in [1.54, 1.807) is 11.6 Å². The van der Waals surface area contributed by atoms with Crippen molar-refractivity contribution in [2.45, 2.75) is 30.6 Å². The van der Waals surface area contributed by atoms with Crippen LogP contribution in [0.15, 0.2) is 17.6 Å². The van der Waals surface area contributed by atoms with Crippen molar-refractivity contribution in [1.82, 2.24) is 13.9 Å². The minimum atomic E-state index is -3.46. The molecule has 3 atom stereocenters. The first-order valence-electron chi connectivity index (χ1n) is 6.10. The van der Waals surface area contributed by atoms with Gasteiger partial charge in [-0.15, -0.1) is 0 Å². The fraction of sp³-hybridized carbons (Fsp3) is 0.727. The van der Waals surface area contributed by atoms with Crippen LogP contribution in [0.25, 0.3) is 0 Å². The minimum Gasteiger partial charge on any atom is -0.374 e. The molecule has 0 bridgehead atoms. The van der Waals surface area contributed by atoms with Crippen molar-refractivity contribution in [3.8, 4) is 0 Å². The smallest absolute Gasteiger partial charge is 0.262 e. The van der Waals surface area contributed by atoms with Crippen LogP contribution in [0.1, 0.15) is 13.3 Å². The molecule has 1 aromatic heterocycles. The summed E-state index contributed by atoms with van der Waals surface area (Å²) in [6.45, 7) is 3.04. The van der Waals surface area contributed by atoms with Crippen molar-refractivity contribution < 1.29 is 13.2 Å². The zero-order valence-corrected chi connectivity index (χ0v) is 11.3. The average molecular weight is 271 g/mol. The van der Waals surface area contributed by atoms with Gasteiger partial charge in [0.25, 0.3) is 10.0 Å². The molecule has 0 spiro atoms. The lowest BCUT2D eigenvalue weighted by Crippen LogP contribution is -2.31. The summed E-state index contributed by atoms with van der Waals surface area (Å²) < 4.78 is 33.6. The van der Waals surface area contributed by atoms with E-state index in [4.69, 9.17) is 4.74 Å². The van der Waals surface area contributed by atoms with Crippen LogP contribution in [0.3, 0.4) is 0 Å². The summed E-state index contributed by atoms with van der Waals surface area (Å²) in [7, 11) is -1.70. The Kier molecular flexibility index (Phi) is 2.72. The molecule has 18 heavy (non-hydrogen) atoms. The first kappa shape index (κ1) is 12.1. The third-order valence-electron chi connectivity index (χ3n) is 3.67. The number of ether oxygens (including phenoxy) is 1. The van der Waals surface area contributed by atoms with E-state index in [0.717, 1.165) is 6.42 Å². The molecular formula is C11H17N3O3S. The summed E-state index contributed by atoms with van der Waals surface area (Å²) in [5.74, 6) is 0.332. The van der Waals surface area contributed by atoms with E-state index in [2.05, 4.69) is 4.98 Å². The van der Waals surface area contributed by atoms with E-state index >= 15 is 0 Å². The molecule has 2 aliphatic heterocycles. The van der Waals surface area contributed by atoms with Gasteiger partial charge < -0.3 is 9.30 Å². The van der Waals surface area contributed by atoms with Crippen LogP contribution in [-0.2, 0) is 21.8 Å². The Balaban J connectivity index is 1.81. The van der Waals surface area contributed by atoms with Gasteiger partial charge in [0.05, 0.1) is 18.5 Å². The van der Waals surface area contributed by atoms with Gasteiger partial charge in [0.1, 0.15) is 0 Å². The van der Waals surface area contributed by atoms with E-state index < -0.39 is 10.0 Å². The van der Waals surface area contributed by atoms with E-state index in [-0.39, 0.29) is 17.2 Å². The largest absolute Gasteiger partial charge is 0.374 e. The monoisotopic (exact) mass is 271 g/mol. The van der Waals surface area contributed by atoms with Crippen LogP contribution >= 0.6 is 0 Å². The number of rotatable bonds is 2. The molecule has 3 heterocycles. The van der Waals surface area contributed by atoms with E-state index in [1.165, 1.54) is 16.8 Å². The van der Waals surface area contributed by atoms with Crippen molar-refractivity contribution in [3.05, 3.63) is 12.5 Å². The van der Waals surface area contributed by atoms with Crippen LogP contribution in [0, 0.1) is 5.92 Å². The Morgan fingerprint density at radius 1 is 1.44 bits per heavy atom. The van der Waals surface area contributed by atoms with E-state index in [9.17, 15) is 8.42 Å². The molecule has 3 rings (SSSR count). The highest BCUT2D eigenvalue weighted by Crippen LogP contribution is 2.34. The third-order valence-corrected chi connectivity index (χ3v) is 5.39. The van der Waals surface area contributed by atoms with Gasteiger partial charge in [0, 0.05) is 32.3 Å². The van der Waals surface area contributed by atoms with Gasteiger partial charge in [0.15, 0.2) is 5.03 Å². The molecule has 100 valence electrons. The number of hydrogen-bond acceptors (Lipinski definition) is 4. The number of nitrogens with zero attached hydrogens (tertiary/aromatic N) is 3. The molecule has 0 radical (unpaired) electrons. The van der Waals surface area contributed by atoms with Crippen molar-refractivity contribution in [2.75, 3.05) is 13.1 Å². The summed E-state index contributed by atoms with van der Waals surface area (Å²) in [6.07, 6.45) is 4.28. The van der Waals surface area contributed by atoms with E-state index in [1.807, 2.05) is 6.92 Å². The van der Waals surface area contributed by atoms with Crippen molar-refractivity contribution in [2.24, 2.45) is 13.0 Å². The molecule has 0 aromatic carbocycles. The number of aromatic nitrogens is 2. The second kappa shape index (κ2) is 4.04. The highest BCUT2D eigenvalue weighted by atomic mass is 32.2. The Morgan fingerprint density at radius 2 is 2.22 bits per heavy atom. The van der Waals surface area contributed by atoms with Gasteiger partial charge in [-0.05, 0) is 13.3 Å². The molecule has 0 amide bonds. The van der Waals surface area contributed by atoms with Crippen LogP contribution < -0.4 is 0 Å². The summed E-state index contributed by atoms with van der Waals surface area (Å²) in [6, 6.07) is 0. The maximum atomic E-state index is 12.4. The second-order valence-corrected chi connectivity index (χ2v) is 7.07. The molecule has 2 aliphatic rings. The van der Waals surface area contributed by atoms with Crippen LogP contribution in [0.5, 0.6) is 0 Å². The summed E-state index contributed by atoms with van der Waals surface area (Å²) in [5, 5.41) is 0.123. The molecule has 1 aromatic rings. The molecule has 6 nitrogen and oxygen atoms in total. The fourth-order valence-electron chi connectivity index (χ4n) is 2.81. The lowest BCUT2D eigenvalue weighted by Gasteiger charge is -2.16. The Hall–Kier alpha value is -0.920. The number of sulfonamides is 1. The first-order chi connectivity index (χ1) is 8.46. The average Bonchev–Trinajstić information content (AvgIpc) is 2.91. The van der Waals surface area contributed by atoms with Crippen molar-refractivity contribution in [3.63, 3.8) is 0 Å². The van der Waals surface area contributed by atoms with Gasteiger partial charge in [-0.2, -0.15) is 4.31 Å². The summed E-state index contributed by atoms with van der Waals surface area (Å²) in [5.41, 5.74) is 0. The number of aryl methyl sites for hydroxylation is 1. The molecular weight excluding hydrogens is 254 g/mol. The maximum absolute atomic E-state index is 12.4. The molecule has 7 heteroatoms. The Morgan fingerprint density at radius 3 is 2.83 bits per heavy atom. The first-order valence-corrected chi connectivity index (χ1v) is 7.54. The predicted octanol–water partition coefficient (Wildman–Crippen LogP) is 0.218. The van der Waals surface area contributed by atoms with Crippen molar-refractivity contribution in [1.29, 1.82) is 0 Å². The molecule has 0 N–H and O–H groups in total. The van der Waals surface area contributed by atoms with Crippen LogP contribution in [-0.4, -0.2) is 47.6 Å². The SMILES string of the molecule is C[C@@H]1C[C@H]2CN(S(=O)(=O)c3cn(C)cn3)C[C@H]2O1. The van der Waals surface area contributed by atoms with Gasteiger partial charge in [-0.1, -0.05) is 0 Å². The minimum absolute atomic E-state index is 0.0542. The fourth-order valence-corrected chi connectivity index (χ4v) is 4.29. The summed E-state index contributed by atoms with van der Waals surface area (Å²) in [4.78, 5) is 3.93. The quantitative estimate of drug-likeness (QED) is 0.772. The maximum Gasteiger partial charge on any atom is 0.262 e. The van der Waals surface area contributed by atoms with Crippen LogP contribution in [0.2, 0.25) is 0 Å². The molecule has 0 saturated carbocycles. The van der Waals surface area contributed by atoms with Gasteiger partial charge in [-0.3, -0.25) is 0 Å². The zero-order valence-electron chi connectivity index (χ0n) is 10.5. The standard InChI is InChI=1S/C11H17N3O3S/c1-8-3-9-4-14(5-10(9)17-8)18(15,16)11-6-13(2)7-12-11/h6-10H,3-5H2,1-2H3/t8-,9+,10-/m1/s1. The van der Waals surface area contributed by atoms with Gasteiger partial charge in [0.2, 0.25) is 0 Å². The molecule has 2 fully saturated rings. The van der Waals surface area contributed by atoms with Crippen LogP contribution in [0.4, 0.5) is 0 Å². The normalized spacial score (nSPS) is 32.9. The van der Waals surface area contributed by atoms with Gasteiger partial charge in [-0.25, -0.2) is 13.4 Å². The Labute approximate surface area is 107 Å². The molecule has 0 unspecified atom stereocenters.